The van der Waals surface area contributed by atoms with Crippen LogP contribution in [0.2, 0.25) is 0 Å². The number of aryl methyl sites for hydroxylation is 1. The minimum atomic E-state index is 0.862. The molecule has 0 spiro atoms. The fraction of sp³-hybridized carbons (Fsp3) is 0.320. The van der Waals surface area contributed by atoms with Crippen LogP contribution in [0.4, 0.5) is 0 Å². The van der Waals surface area contributed by atoms with Crippen LogP contribution in [0.1, 0.15) is 36.5 Å². The molecule has 0 atom stereocenters. The zero-order valence-corrected chi connectivity index (χ0v) is 17.3. The van der Waals surface area contributed by atoms with Crippen LogP contribution in [0.25, 0.3) is 33.1 Å². The molecule has 0 saturated carbocycles. The van der Waals surface area contributed by atoms with Gasteiger partial charge in [-0.25, -0.2) is 4.98 Å². The van der Waals surface area contributed by atoms with Gasteiger partial charge in [0.25, 0.3) is 0 Å². The van der Waals surface area contributed by atoms with Gasteiger partial charge in [0, 0.05) is 33.6 Å². The molecule has 2 heterocycles. The molecular weight excluding hydrogens is 360 g/mol. The third-order valence-electron chi connectivity index (χ3n) is 6.23. The van der Waals surface area contributed by atoms with Crippen molar-refractivity contribution in [2.45, 2.75) is 39.0 Å². The molecule has 0 fully saturated rings. The van der Waals surface area contributed by atoms with Crippen LogP contribution in [-0.4, -0.2) is 24.2 Å². The standard InChI is InChI=1S/C25H26N2O2/c1-4-16-22(28-2)13-15(14-23(16)29-3)25-18-8-6-5-7-17(18)24-19-11-12-26-20(19)9-10-21(24)27-25/h9-14,26H,4-8H2,1-3H3. The Morgan fingerprint density at radius 1 is 0.966 bits per heavy atom. The van der Waals surface area contributed by atoms with E-state index in [4.69, 9.17) is 14.5 Å². The number of nitrogens with one attached hydrogen (secondary N) is 1. The van der Waals surface area contributed by atoms with Crippen LogP contribution in [0.3, 0.4) is 0 Å². The first-order chi connectivity index (χ1) is 14.2. The molecule has 5 rings (SSSR count). The lowest BCUT2D eigenvalue weighted by molar-refractivity contribution is 0.386. The van der Waals surface area contributed by atoms with Crippen molar-refractivity contribution >= 4 is 21.8 Å². The topological polar surface area (TPSA) is 47.1 Å². The number of hydrogen-bond donors (Lipinski definition) is 1. The lowest BCUT2D eigenvalue weighted by Gasteiger charge is -2.23. The Hall–Kier alpha value is -3.01. The molecule has 0 amide bonds. The largest absolute Gasteiger partial charge is 0.496 e. The van der Waals surface area contributed by atoms with Crippen molar-refractivity contribution in [2.24, 2.45) is 0 Å². The number of H-pyrrole nitrogens is 1. The second-order valence-electron chi connectivity index (χ2n) is 7.74. The van der Waals surface area contributed by atoms with Crippen molar-refractivity contribution in [3.05, 3.63) is 53.2 Å². The summed E-state index contributed by atoms with van der Waals surface area (Å²) in [4.78, 5) is 8.52. The summed E-state index contributed by atoms with van der Waals surface area (Å²) in [5.41, 5.74) is 8.32. The SMILES string of the molecule is CCc1c(OC)cc(-c2nc3ccc4[nH]ccc4c3c3c2CCCC3)cc1OC. The number of nitrogens with zero attached hydrogens (tertiary/aromatic N) is 1. The molecule has 148 valence electrons. The maximum atomic E-state index is 5.71. The third kappa shape index (κ3) is 2.78. The Kier molecular flexibility index (Phi) is 4.42. The number of pyridine rings is 1. The Bertz CT molecular complexity index is 1200. The molecule has 0 saturated heterocycles. The summed E-state index contributed by atoms with van der Waals surface area (Å²) >= 11 is 0. The summed E-state index contributed by atoms with van der Waals surface area (Å²) in [6.07, 6.45) is 7.49. The van der Waals surface area contributed by atoms with Crippen LogP contribution < -0.4 is 9.47 Å². The third-order valence-corrected chi connectivity index (χ3v) is 6.23. The molecule has 0 aliphatic heterocycles. The van der Waals surface area contributed by atoms with E-state index in [1.807, 2.05) is 6.20 Å². The fourth-order valence-corrected chi connectivity index (χ4v) is 4.87. The average Bonchev–Trinajstić information content (AvgIpc) is 3.26. The van der Waals surface area contributed by atoms with Gasteiger partial charge in [-0.2, -0.15) is 0 Å². The number of methoxy groups -OCH3 is 2. The summed E-state index contributed by atoms with van der Waals surface area (Å²) < 4.78 is 11.4. The van der Waals surface area contributed by atoms with Crippen molar-refractivity contribution in [2.75, 3.05) is 14.2 Å². The number of aromatic amines is 1. The molecule has 0 radical (unpaired) electrons. The number of ether oxygens (including phenoxy) is 2. The van der Waals surface area contributed by atoms with Crippen LogP contribution in [0, 0.1) is 0 Å². The number of aromatic nitrogens is 2. The Morgan fingerprint density at radius 3 is 2.38 bits per heavy atom. The lowest BCUT2D eigenvalue weighted by atomic mass is 9.85. The Balaban J connectivity index is 1.83. The maximum Gasteiger partial charge on any atom is 0.126 e. The van der Waals surface area contributed by atoms with Gasteiger partial charge in [-0.1, -0.05) is 6.92 Å². The van der Waals surface area contributed by atoms with E-state index in [0.717, 1.165) is 53.1 Å². The molecule has 1 aliphatic rings. The smallest absolute Gasteiger partial charge is 0.126 e. The van der Waals surface area contributed by atoms with Gasteiger partial charge in [0.05, 0.1) is 25.4 Å². The van der Waals surface area contributed by atoms with Crippen molar-refractivity contribution in [1.82, 2.24) is 9.97 Å². The molecule has 0 bridgehead atoms. The zero-order valence-electron chi connectivity index (χ0n) is 17.3. The van der Waals surface area contributed by atoms with E-state index in [9.17, 15) is 0 Å². The van der Waals surface area contributed by atoms with Gasteiger partial charge in [0.15, 0.2) is 0 Å². The molecule has 1 N–H and O–H groups in total. The second kappa shape index (κ2) is 7.11. The van der Waals surface area contributed by atoms with Gasteiger partial charge in [-0.3, -0.25) is 0 Å². The van der Waals surface area contributed by atoms with E-state index >= 15 is 0 Å². The summed E-state index contributed by atoms with van der Waals surface area (Å²) in [6.45, 7) is 2.12. The lowest BCUT2D eigenvalue weighted by Crippen LogP contribution is -2.08. The van der Waals surface area contributed by atoms with E-state index in [1.54, 1.807) is 14.2 Å². The number of rotatable bonds is 4. The van der Waals surface area contributed by atoms with Gasteiger partial charge >= 0.3 is 0 Å². The molecule has 4 nitrogen and oxygen atoms in total. The van der Waals surface area contributed by atoms with Crippen LogP contribution in [0.5, 0.6) is 11.5 Å². The van der Waals surface area contributed by atoms with Crippen molar-refractivity contribution in [1.29, 1.82) is 0 Å². The average molecular weight is 386 g/mol. The molecule has 4 aromatic rings. The molecule has 1 aliphatic carbocycles. The van der Waals surface area contributed by atoms with Gasteiger partial charge in [-0.15, -0.1) is 0 Å². The summed E-state index contributed by atoms with van der Waals surface area (Å²) in [7, 11) is 3.45. The highest BCUT2D eigenvalue weighted by Gasteiger charge is 2.22. The first-order valence-electron chi connectivity index (χ1n) is 10.4. The minimum Gasteiger partial charge on any atom is -0.496 e. The van der Waals surface area contributed by atoms with Crippen molar-refractivity contribution in [3.8, 4) is 22.8 Å². The van der Waals surface area contributed by atoms with Gasteiger partial charge < -0.3 is 14.5 Å². The van der Waals surface area contributed by atoms with Crippen molar-refractivity contribution < 1.29 is 9.47 Å². The highest BCUT2D eigenvalue weighted by molar-refractivity contribution is 6.08. The highest BCUT2D eigenvalue weighted by atomic mass is 16.5. The Morgan fingerprint density at radius 2 is 1.69 bits per heavy atom. The van der Waals surface area contributed by atoms with E-state index in [-0.39, 0.29) is 0 Å². The zero-order chi connectivity index (χ0) is 20.0. The molecular formula is C25H26N2O2. The Labute approximate surface area is 170 Å². The minimum absolute atomic E-state index is 0.862. The molecule has 29 heavy (non-hydrogen) atoms. The first-order valence-corrected chi connectivity index (χ1v) is 10.4. The molecule has 4 heteroatoms. The molecule has 0 unspecified atom stereocenters. The van der Waals surface area contributed by atoms with Gasteiger partial charge in [0.2, 0.25) is 0 Å². The maximum absolute atomic E-state index is 5.71. The summed E-state index contributed by atoms with van der Waals surface area (Å²) in [5.74, 6) is 1.74. The van der Waals surface area contributed by atoms with Crippen LogP contribution >= 0.6 is 0 Å². The predicted molar refractivity (Wildman–Crippen MR) is 118 cm³/mol. The van der Waals surface area contributed by atoms with E-state index in [1.165, 1.54) is 40.3 Å². The predicted octanol–water partition coefficient (Wildman–Crippen LogP) is 5.84. The fourth-order valence-electron chi connectivity index (χ4n) is 4.87. The second-order valence-corrected chi connectivity index (χ2v) is 7.74. The summed E-state index contributed by atoms with van der Waals surface area (Å²) in [6, 6.07) is 10.7. The normalized spacial score (nSPS) is 13.6. The first kappa shape index (κ1) is 18.0. The van der Waals surface area contributed by atoms with Gasteiger partial charge in [0.1, 0.15) is 11.5 Å². The summed E-state index contributed by atoms with van der Waals surface area (Å²) in [5, 5.41) is 2.59. The van der Waals surface area contributed by atoms with Crippen LogP contribution in [0.15, 0.2) is 36.5 Å². The van der Waals surface area contributed by atoms with Crippen molar-refractivity contribution in [3.63, 3.8) is 0 Å². The quantitative estimate of drug-likeness (QED) is 0.479. The molecule has 2 aromatic heterocycles. The van der Waals surface area contributed by atoms with E-state index < -0.39 is 0 Å². The number of hydrogen-bond acceptors (Lipinski definition) is 3. The van der Waals surface area contributed by atoms with Gasteiger partial charge in [-0.05, 0) is 73.6 Å². The molecule has 2 aromatic carbocycles. The van der Waals surface area contributed by atoms with Crippen LogP contribution in [-0.2, 0) is 19.3 Å². The highest BCUT2D eigenvalue weighted by Crippen LogP contribution is 2.41. The number of fused-ring (bicyclic) bond motifs is 5. The van der Waals surface area contributed by atoms with E-state index in [0.29, 0.717) is 0 Å². The van der Waals surface area contributed by atoms with E-state index in [2.05, 4.69) is 42.2 Å². The number of benzene rings is 2. The monoisotopic (exact) mass is 386 g/mol.